The molecule has 21 heavy (non-hydrogen) atoms. The van der Waals surface area contributed by atoms with Crippen molar-refractivity contribution in [1.29, 1.82) is 0 Å². The molecule has 1 amide bonds. The number of amides is 1. The largest absolute Gasteiger partial charge is 0.348 e. The van der Waals surface area contributed by atoms with E-state index in [0.717, 1.165) is 32.1 Å². The van der Waals surface area contributed by atoms with E-state index in [-0.39, 0.29) is 23.7 Å². The standard InChI is InChI=1S/C15H21N3O3/c1-10-9-11(7-8-14(10)18(20)21)15(19)17-13-6-4-2-3-5-12(13)16/h7-9,12-13H,2-6,16H2,1H3,(H,17,19). The molecule has 1 fully saturated rings. The van der Waals surface area contributed by atoms with Crippen LogP contribution in [-0.4, -0.2) is 22.9 Å². The van der Waals surface area contributed by atoms with Crippen molar-refractivity contribution in [1.82, 2.24) is 5.32 Å². The van der Waals surface area contributed by atoms with E-state index in [1.165, 1.54) is 12.1 Å². The number of benzene rings is 1. The zero-order chi connectivity index (χ0) is 15.4. The van der Waals surface area contributed by atoms with Crippen molar-refractivity contribution in [2.45, 2.75) is 51.1 Å². The predicted molar refractivity (Wildman–Crippen MR) is 80.1 cm³/mol. The minimum Gasteiger partial charge on any atom is -0.348 e. The number of nitrogens with two attached hydrogens (primary N) is 1. The molecule has 1 aliphatic carbocycles. The van der Waals surface area contributed by atoms with Gasteiger partial charge in [0.15, 0.2) is 0 Å². The van der Waals surface area contributed by atoms with Crippen LogP contribution in [0.15, 0.2) is 18.2 Å². The maximum Gasteiger partial charge on any atom is 0.272 e. The van der Waals surface area contributed by atoms with Gasteiger partial charge in [0, 0.05) is 29.3 Å². The lowest BCUT2D eigenvalue weighted by molar-refractivity contribution is -0.385. The Morgan fingerprint density at radius 1 is 1.33 bits per heavy atom. The van der Waals surface area contributed by atoms with Gasteiger partial charge in [-0.2, -0.15) is 0 Å². The first kappa shape index (κ1) is 15.4. The summed E-state index contributed by atoms with van der Waals surface area (Å²) in [7, 11) is 0. The third kappa shape index (κ3) is 3.78. The molecule has 1 aliphatic rings. The van der Waals surface area contributed by atoms with Crippen LogP contribution in [0.1, 0.15) is 48.0 Å². The molecule has 2 rings (SSSR count). The van der Waals surface area contributed by atoms with Crippen LogP contribution in [0.25, 0.3) is 0 Å². The van der Waals surface area contributed by atoms with Gasteiger partial charge in [0.1, 0.15) is 0 Å². The lowest BCUT2D eigenvalue weighted by atomic mass is 10.0. The van der Waals surface area contributed by atoms with E-state index in [9.17, 15) is 14.9 Å². The number of nitro benzene ring substituents is 1. The van der Waals surface area contributed by atoms with Crippen molar-refractivity contribution in [3.8, 4) is 0 Å². The molecule has 114 valence electrons. The average molecular weight is 291 g/mol. The molecular weight excluding hydrogens is 270 g/mol. The first-order chi connectivity index (χ1) is 9.99. The van der Waals surface area contributed by atoms with Crippen molar-refractivity contribution < 1.29 is 9.72 Å². The summed E-state index contributed by atoms with van der Waals surface area (Å²) in [5, 5.41) is 13.8. The lowest BCUT2D eigenvalue weighted by Gasteiger charge is -2.22. The molecule has 6 heteroatoms. The lowest BCUT2D eigenvalue weighted by Crippen LogP contribution is -2.46. The number of aryl methyl sites for hydroxylation is 1. The summed E-state index contributed by atoms with van der Waals surface area (Å²) in [6.45, 7) is 1.63. The third-order valence-electron chi connectivity index (χ3n) is 4.04. The van der Waals surface area contributed by atoms with E-state index in [1.54, 1.807) is 13.0 Å². The van der Waals surface area contributed by atoms with Gasteiger partial charge in [0.25, 0.3) is 11.6 Å². The Kier molecular flexibility index (Phi) is 4.90. The Balaban J connectivity index is 2.09. The number of nitrogens with zero attached hydrogens (tertiary/aromatic N) is 1. The number of nitrogens with one attached hydrogen (secondary N) is 1. The number of hydrogen-bond acceptors (Lipinski definition) is 4. The molecule has 1 saturated carbocycles. The molecule has 3 N–H and O–H groups in total. The van der Waals surface area contributed by atoms with E-state index in [2.05, 4.69) is 5.32 Å². The van der Waals surface area contributed by atoms with Crippen LogP contribution in [0.3, 0.4) is 0 Å². The minimum absolute atomic E-state index is 0.0180. The van der Waals surface area contributed by atoms with Gasteiger partial charge in [-0.05, 0) is 31.9 Å². The van der Waals surface area contributed by atoms with Gasteiger partial charge in [-0.25, -0.2) is 0 Å². The summed E-state index contributed by atoms with van der Waals surface area (Å²) < 4.78 is 0. The first-order valence-corrected chi connectivity index (χ1v) is 7.30. The Hall–Kier alpha value is -1.95. The van der Waals surface area contributed by atoms with Gasteiger partial charge in [0.2, 0.25) is 0 Å². The Morgan fingerprint density at radius 2 is 2.05 bits per heavy atom. The van der Waals surface area contributed by atoms with Gasteiger partial charge in [0.05, 0.1) is 4.92 Å². The molecular formula is C15H21N3O3. The van der Waals surface area contributed by atoms with E-state index in [1.807, 2.05) is 0 Å². The summed E-state index contributed by atoms with van der Waals surface area (Å²) in [6, 6.07) is 4.38. The quantitative estimate of drug-likeness (QED) is 0.507. The third-order valence-corrected chi connectivity index (χ3v) is 4.04. The normalized spacial score (nSPS) is 22.4. The van der Waals surface area contributed by atoms with Crippen molar-refractivity contribution in [3.05, 3.63) is 39.4 Å². The van der Waals surface area contributed by atoms with Crippen LogP contribution in [0.5, 0.6) is 0 Å². The van der Waals surface area contributed by atoms with Crippen LogP contribution >= 0.6 is 0 Å². The van der Waals surface area contributed by atoms with Gasteiger partial charge in [-0.1, -0.05) is 19.3 Å². The van der Waals surface area contributed by atoms with Gasteiger partial charge < -0.3 is 11.1 Å². The fraction of sp³-hybridized carbons (Fsp3) is 0.533. The van der Waals surface area contributed by atoms with Crippen molar-refractivity contribution >= 4 is 11.6 Å². The molecule has 0 radical (unpaired) electrons. The van der Waals surface area contributed by atoms with E-state index >= 15 is 0 Å². The number of hydrogen-bond donors (Lipinski definition) is 2. The fourth-order valence-electron chi connectivity index (χ4n) is 2.77. The molecule has 0 spiro atoms. The molecule has 2 atom stereocenters. The molecule has 2 unspecified atom stereocenters. The van der Waals surface area contributed by atoms with Crippen LogP contribution in [0.2, 0.25) is 0 Å². The molecule has 0 heterocycles. The Morgan fingerprint density at radius 3 is 2.71 bits per heavy atom. The highest BCUT2D eigenvalue weighted by molar-refractivity contribution is 5.95. The number of rotatable bonds is 3. The van der Waals surface area contributed by atoms with Gasteiger partial charge in [-0.15, -0.1) is 0 Å². The zero-order valence-electron chi connectivity index (χ0n) is 12.2. The van der Waals surface area contributed by atoms with Crippen molar-refractivity contribution in [2.75, 3.05) is 0 Å². The van der Waals surface area contributed by atoms with E-state index in [4.69, 9.17) is 5.73 Å². The molecule has 0 saturated heterocycles. The summed E-state index contributed by atoms with van der Waals surface area (Å²) in [6.07, 6.45) is 5.13. The highest BCUT2D eigenvalue weighted by Gasteiger charge is 2.23. The highest BCUT2D eigenvalue weighted by atomic mass is 16.6. The van der Waals surface area contributed by atoms with E-state index < -0.39 is 4.92 Å². The SMILES string of the molecule is Cc1cc(C(=O)NC2CCCCCC2N)ccc1[N+](=O)[O-]. The second-order valence-electron chi connectivity index (χ2n) is 5.64. The van der Waals surface area contributed by atoms with Gasteiger partial charge in [-0.3, -0.25) is 14.9 Å². The summed E-state index contributed by atoms with van der Waals surface area (Å²) in [5.74, 6) is -0.213. The van der Waals surface area contributed by atoms with Gasteiger partial charge >= 0.3 is 0 Å². The summed E-state index contributed by atoms with van der Waals surface area (Å²) >= 11 is 0. The Labute approximate surface area is 123 Å². The maximum absolute atomic E-state index is 12.3. The summed E-state index contributed by atoms with van der Waals surface area (Å²) in [4.78, 5) is 22.6. The maximum atomic E-state index is 12.3. The van der Waals surface area contributed by atoms with Crippen LogP contribution in [-0.2, 0) is 0 Å². The second kappa shape index (κ2) is 6.67. The first-order valence-electron chi connectivity index (χ1n) is 7.30. The topological polar surface area (TPSA) is 98.3 Å². The zero-order valence-corrected chi connectivity index (χ0v) is 12.2. The monoisotopic (exact) mass is 291 g/mol. The summed E-state index contributed by atoms with van der Waals surface area (Å²) in [5.41, 5.74) is 7.04. The van der Waals surface area contributed by atoms with E-state index in [0.29, 0.717) is 11.1 Å². The Bertz CT molecular complexity index is 545. The minimum atomic E-state index is -0.446. The molecule has 6 nitrogen and oxygen atoms in total. The average Bonchev–Trinajstić information content (AvgIpc) is 2.63. The fourth-order valence-corrected chi connectivity index (χ4v) is 2.77. The molecule has 0 bridgehead atoms. The van der Waals surface area contributed by atoms with Crippen LogP contribution in [0, 0.1) is 17.0 Å². The number of carbonyl (C=O) groups excluding carboxylic acids is 1. The molecule has 1 aromatic carbocycles. The highest BCUT2D eigenvalue weighted by Crippen LogP contribution is 2.20. The molecule has 0 aliphatic heterocycles. The van der Waals surface area contributed by atoms with Crippen LogP contribution in [0.4, 0.5) is 5.69 Å². The smallest absolute Gasteiger partial charge is 0.272 e. The van der Waals surface area contributed by atoms with Crippen molar-refractivity contribution in [3.63, 3.8) is 0 Å². The number of carbonyl (C=O) groups is 1. The van der Waals surface area contributed by atoms with Crippen molar-refractivity contribution in [2.24, 2.45) is 5.73 Å². The molecule has 1 aromatic rings. The number of nitro groups is 1. The van der Waals surface area contributed by atoms with Crippen LogP contribution < -0.4 is 11.1 Å². The predicted octanol–water partition coefficient (Wildman–Crippen LogP) is 2.29. The second-order valence-corrected chi connectivity index (χ2v) is 5.64. The molecule has 0 aromatic heterocycles.